The van der Waals surface area contributed by atoms with Crippen molar-refractivity contribution in [3.63, 3.8) is 0 Å². The average molecular weight is 327 g/mol. The summed E-state index contributed by atoms with van der Waals surface area (Å²) in [5.41, 5.74) is 2.31. The van der Waals surface area contributed by atoms with Gasteiger partial charge >= 0.3 is 0 Å². The lowest BCUT2D eigenvalue weighted by Gasteiger charge is -2.41. The normalized spacial score (nSPS) is 25.4. The number of hydrogen-bond donors (Lipinski definition) is 2. The molecule has 2 aromatic heterocycles. The molecule has 3 rings (SSSR count). The van der Waals surface area contributed by atoms with Crippen molar-refractivity contribution in [3.8, 4) is 0 Å². The van der Waals surface area contributed by atoms with Crippen molar-refractivity contribution in [2.45, 2.75) is 58.5 Å². The van der Waals surface area contributed by atoms with E-state index < -0.39 is 0 Å². The fraction of sp³-hybridized carbons (Fsp3) is 0.625. The maximum atomic E-state index is 4.74. The fourth-order valence-corrected chi connectivity index (χ4v) is 3.16. The standard InChI is InChI=1S/C16H24N4.ClH.H2O/c1-10-7-11(8-14(19-10)16(2,3)4)15-18-9-13-12(20-15)5-6-17-13;;/h5-6,9-11,14,17,19H,7-8H2,1-4H3;1H;1H2. The maximum Gasteiger partial charge on any atom is 0.132 e. The summed E-state index contributed by atoms with van der Waals surface area (Å²) >= 11 is 0. The van der Waals surface area contributed by atoms with Gasteiger partial charge in [0, 0.05) is 24.2 Å². The molecule has 3 unspecified atom stereocenters. The van der Waals surface area contributed by atoms with Crippen LogP contribution in [0.5, 0.6) is 0 Å². The van der Waals surface area contributed by atoms with E-state index in [0.717, 1.165) is 29.7 Å². The van der Waals surface area contributed by atoms with Gasteiger partial charge in [-0.2, -0.15) is 0 Å². The smallest absolute Gasteiger partial charge is 0.132 e. The zero-order valence-corrected chi connectivity index (χ0v) is 14.5. The van der Waals surface area contributed by atoms with Gasteiger partial charge in [0.25, 0.3) is 0 Å². The van der Waals surface area contributed by atoms with Gasteiger partial charge in [0.05, 0.1) is 17.2 Å². The molecule has 0 spiro atoms. The Morgan fingerprint density at radius 2 is 1.95 bits per heavy atom. The first-order valence-electron chi connectivity index (χ1n) is 7.49. The van der Waals surface area contributed by atoms with Gasteiger partial charge in [0.15, 0.2) is 0 Å². The molecule has 6 heteroatoms. The monoisotopic (exact) mass is 326 g/mol. The summed E-state index contributed by atoms with van der Waals surface area (Å²) in [5.74, 6) is 1.45. The lowest BCUT2D eigenvalue weighted by molar-refractivity contribution is 0.180. The van der Waals surface area contributed by atoms with E-state index >= 15 is 0 Å². The van der Waals surface area contributed by atoms with Crippen LogP contribution in [0.3, 0.4) is 0 Å². The van der Waals surface area contributed by atoms with Crippen molar-refractivity contribution in [1.82, 2.24) is 20.3 Å². The quantitative estimate of drug-likeness (QED) is 0.845. The van der Waals surface area contributed by atoms with E-state index in [0.29, 0.717) is 18.0 Å². The molecule has 1 saturated heterocycles. The molecule has 4 N–H and O–H groups in total. The third kappa shape index (κ3) is 3.77. The topological polar surface area (TPSA) is 85.1 Å². The molecule has 2 aromatic rings. The molecule has 1 aliphatic rings. The molecular weight excluding hydrogens is 300 g/mol. The highest BCUT2D eigenvalue weighted by Gasteiger charge is 2.34. The number of nitrogens with one attached hydrogen (secondary N) is 2. The molecule has 3 heterocycles. The molecule has 0 amide bonds. The number of halogens is 1. The third-order valence-corrected chi connectivity index (χ3v) is 4.37. The molecule has 124 valence electrons. The summed E-state index contributed by atoms with van der Waals surface area (Å²) in [6.45, 7) is 9.17. The molecule has 1 fully saturated rings. The predicted octanol–water partition coefficient (Wildman–Crippen LogP) is 2.83. The first kappa shape index (κ1) is 18.9. The number of H-pyrrole nitrogens is 1. The molecular formula is C16H27ClN4O. The number of aromatic nitrogens is 3. The fourth-order valence-electron chi connectivity index (χ4n) is 3.16. The maximum absolute atomic E-state index is 4.74. The highest BCUT2D eigenvalue weighted by Crippen LogP contribution is 2.35. The number of piperidine rings is 1. The van der Waals surface area contributed by atoms with Crippen LogP contribution < -0.4 is 5.32 Å². The number of nitrogens with zero attached hydrogens (tertiary/aromatic N) is 2. The van der Waals surface area contributed by atoms with Gasteiger partial charge in [0.2, 0.25) is 0 Å². The Labute approximate surface area is 138 Å². The van der Waals surface area contributed by atoms with Gasteiger partial charge in [0.1, 0.15) is 5.82 Å². The van der Waals surface area contributed by atoms with E-state index in [9.17, 15) is 0 Å². The van der Waals surface area contributed by atoms with Gasteiger partial charge in [-0.15, -0.1) is 12.4 Å². The van der Waals surface area contributed by atoms with E-state index in [1.54, 1.807) is 0 Å². The van der Waals surface area contributed by atoms with Crippen LogP contribution in [0.1, 0.15) is 52.3 Å². The second kappa shape index (κ2) is 6.94. The van der Waals surface area contributed by atoms with Crippen molar-refractivity contribution in [3.05, 3.63) is 24.3 Å². The summed E-state index contributed by atoms with van der Waals surface area (Å²) < 4.78 is 0. The molecule has 0 saturated carbocycles. The van der Waals surface area contributed by atoms with E-state index in [-0.39, 0.29) is 23.3 Å². The van der Waals surface area contributed by atoms with E-state index in [4.69, 9.17) is 4.98 Å². The third-order valence-electron chi connectivity index (χ3n) is 4.37. The summed E-state index contributed by atoms with van der Waals surface area (Å²) in [5, 5.41) is 3.73. The number of aromatic amines is 1. The Morgan fingerprint density at radius 1 is 1.23 bits per heavy atom. The summed E-state index contributed by atoms with van der Waals surface area (Å²) in [6.07, 6.45) is 6.06. The SMILES string of the molecule is CC1CC(c2ncc3[nH]ccc3n2)CC(C(C)(C)C)N1.Cl.O. The average Bonchev–Trinajstić information content (AvgIpc) is 2.84. The van der Waals surface area contributed by atoms with Crippen LogP contribution in [0.2, 0.25) is 0 Å². The lowest BCUT2D eigenvalue weighted by Crippen LogP contribution is -2.50. The van der Waals surface area contributed by atoms with Crippen LogP contribution in [0.25, 0.3) is 11.0 Å². The molecule has 0 aromatic carbocycles. The summed E-state index contributed by atoms with van der Waals surface area (Å²) in [7, 11) is 0. The molecule has 0 bridgehead atoms. The van der Waals surface area contributed by atoms with Crippen LogP contribution in [0, 0.1) is 5.41 Å². The Bertz CT molecular complexity index is 607. The molecule has 0 aliphatic carbocycles. The van der Waals surface area contributed by atoms with Crippen molar-refractivity contribution in [2.24, 2.45) is 5.41 Å². The van der Waals surface area contributed by atoms with Gasteiger partial charge in [-0.1, -0.05) is 20.8 Å². The van der Waals surface area contributed by atoms with E-state index in [2.05, 4.69) is 43.0 Å². The molecule has 3 atom stereocenters. The van der Waals surface area contributed by atoms with Gasteiger partial charge < -0.3 is 15.8 Å². The van der Waals surface area contributed by atoms with Crippen LogP contribution in [-0.2, 0) is 0 Å². The Kier molecular flexibility index (Phi) is 5.96. The minimum absolute atomic E-state index is 0. The minimum Gasteiger partial charge on any atom is -0.412 e. The first-order chi connectivity index (χ1) is 9.43. The van der Waals surface area contributed by atoms with Gasteiger partial charge in [-0.05, 0) is 31.2 Å². The first-order valence-corrected chi connectivity index (χ1v) is 7.49. The van der Waals surface area contributed by atoms with Crippen LogP contribution in [-0.4, -0.2) is 32.5 Å². The van der Waals surface area contributed by atoms with Crippen molar-refractivity contribution < 1.29 is 5.48 Å². The number of fused-ring (bicyclic) bond motifs is 1. The van der Waals surface area contributed by atoms with Crippen LogP contribution >= 0.6 is 12.4 Å². The predicted molar refractivity (Wildman–Crippen MR) is 92.6 cm³/mol. The molecule has 1 aliphatic heterocycles. The number of hydrogen-bond acceptors (Lipinski definition) is 3. The Balaban J connectivity index is 0.00000121. The van der Waals surface area contributed by atoms with Gasteiger partial charge in [-0.3, -0.25) is 0 Å². The van der Waals surface area contributed by atoms with Crippen LogP contribution in [0.4, 0.5) is 0 Å². The highest BCUT2D eigenvalue weighted by atomic mass is 35.5. The van der Waals surface area contributed by atoms with Crippen LogP contribution in [0.15, 0.2) is 18.5 Å². The Morgan fingerprint density at radius 3 is 2.64 bits per heavy atom. The second-order valence-electron chi connectivity index (χ2n) is 7.16. The number of rotatable bonds is 1. The molecule has 22 heavy (non-hydrogen) atoms. The van der Waals surface area contributed by atoms with Crippen molar-refractivity contribution in [1.29, 1.82) is 0 Å². The highest BCUT2D eigenvalue weighted by molar-refractivity contribution is 5.85. The van der Waals surface area contributed by atoms with Crippen molar-refractivity contribution in [2.75, 3.05) is 0 Å². The zero-order chi connectivity index (χ0) is 14.3. The second-order valence-corrected chi connectivity index (χ2v) is 7.16. The Hall–Kier alpha value is -1.17. The van der Waals surface area contributed by atoms with E-state index in [1.165, 1.54) is 0 Å². The van der Waals surface area contributed by atoms with E-state index in [1.807, 2.05) is 18.5 Å². The summed E-state index contributed by atoms with van der Waals surface area (Å²) in [4.78, 5) is 12.5. The molecule has 0 radical (unpaired) electrons. The van der Waals surface area contributed by atoms with Gasteiger partial charge in [-0.25, -0.2) is 9.97 Å². The minimum atomic E-state index is 0. The van der Waals surface area contributed by atoms with Crippen molar-refractivity contribution >= 4 is 23.4 Å². The lowest BCUT2D eigenvalue weighted by atomic mass is 9.76. The molecule has 5 nitrogen and oxygen atoms in total. The zero-order valence-electron chi connectivity index (χ0n) is 13.7. The largest absolute Gasteiger partial charge is 0.412 e. The summed E-state index contributed by atoms with van der Waals surface area (Å²) in [6, 6.07) is 3.05.